The number of nitrogens with zero attached hydrogens (tertiary/aromatic N) is 1. The van der Waals surface area contributed by atoms with E-state index in [2.05, 4.69) is 17.2 Å². The largest absolute Gasteiger partial charge is 0.448 e. The van der Waals surface area contributed by atoms with Crippen LogP contribution in [0.1, 0.15) is 50.5 Å². The van der Waals surface area contributed by atoms with Gasteiger partial charge in [0.05, 0.1) is 5.69 Å². The third-order valence-electron chi connectivity index (χ3n) is 3.47. The fraction of sp³-hybridized carbons (Fsp3) is 0.769. The van der Waals surface area contributed by atoms with Gasteiger partial charge in [-0.1, -0.05) is 39.0 Å². The molecule has 1 aliphatic carbocycles. The Bertz CT molecular complexity index is 303. The molecule has 90 valence electrons. The van der Waals surface area contributed by atoms with E-state index in [1.165, 1.54) is 32.1 Å². The number of oxazole rings is 1. The SMILES string of the molecule is CCNCc1ncoc1CC1CCCCC1. The van der Waals surface area contributed by atoms with Gasteiger partial charge < -0.3 is 9.73 Å². The lowest BCUT2D eigenvalue weighted by atomic mass is 9.86. The van der Waals surface area contributed by atoms with Gasteiger partial charge in [0.25, 0.3) is 0 Å². The molecule has 3 heteroatoms. The molecule has 1 fully saturated rings. The Morgan fingerprint density at radius 2 is 2.19 bits per heavy atom. The summed E-state index contributed by atoms with van der Waals surface area (Å²) in [6, 6.07) is 0. The summed E-state index contributed by atoms with van der Waals surface area (Å²) >= 11 is 0. The maximum absolute atomic E-state index is 5.51. The first-order valence-electron chi connectivity index (χ1n) is 6.52. The summed E-state index contributed by atoms with van der Waals surface area (Å²) in [7, 11) is 0. The van der Waals surface area contributed by atoms with Gasteiger partial charge in [0.2, 0.25) is 0 Å². The van der Waals surface area contributed by atoms with Crippen LogP contribution in [0, 0.1) is 5.92 Å². The highest BCUT2D eigenvalue weighted by Crippen LogP contribution is 2.27. The minimum absolute atomic E-state index is 0.821. The van der Waals surface area contributed by atoms with Crippen molar-refractivity contribution in [2.75, 3.05) is 6.54 Å². The van der Waals surface area contributed by atoms with E-state index in [0.29, 0.717) is 0 Å². The summed E-state index contributed by atoms with van der Waals surface area (Å²) in [4.78, 5) is 4.29. The molecule has 0 radical (unpaired) electrons. The molecule has 0 aromatic carbocycles. The van der Waals surface area contributed by atoms with E-state index < -0.39 is 0 Å². The smallest absolute Gasteiger partial charge is 0.181 e. The Labute approximate surface area is 97.6 Å². The lowest BCUT2D eigenvalue weighted by Gasteiger charge is -2.20. The van der Waals surface area contributed by atoms with Crippen LogP contribution < -0.4 is 5.32 Å². The first kappa shape index (κ1) is 11.6. The maximum Gasteiger partial charge on any atom is 0.181 e. The van der Waals surface area contributed by atoms with Crippen LogP contribution in [0.25, 0.3) is 0 Å². The fourth-order valence-corrected chi connectivity index (χ4v) is 2.50. The summed E-state index contributed by atoms with van der Waals surface area (Å²) < 4.78 is 5.51. The summed E-state index contributed by atoms with van der Waals surface area (Å²) in [6.45, 7) is 3.94. The van der Waals surface area contributed by atoms with Crippen molar-refractivity contribution in [2.24, 2.45) is 5.92 Å². The molecule has 0 atom stereocenters. The van der Waals surface area contributed by atoms with Crippen molar-refractivity contribution in [3.8, 4) is 0 Å². The second kappa shape index (κ2) is 6.04. The molecule has 2 rings (SSSR count). The van der Waals surface area contributed by atoms with Crippen LogP contribution in [-0.2, 0) is 13.0 Å². The number of aromatic nitrogens is 1. The average Bonchev–Trinajstić information content (AvgIpc) is 2.75. The van der Waals surface area contributed by atoms with Crippen LogP contribution in [0.2, 0.25) is 0 Å². The first-order valence-corrected chi connectivity index (χ1v) is 6.52. The van der Waals surface area contributed by atoms with Gasteiger partial charge in [0, 0.05) is 13.0 Å². The molecule has 16 heavy (non-hydrogen) atoms. The number of rotatable bonds is 5. The third kappa shape index (κ3) is 3.08. The highest BCUT2D eigenvalue weighted by atomic mass is 16.3. The molecule has 1 N–H and O–H groups in total. The molecule has 0 amide bonds. The summed E-state index contributed by atoms with van der Waals surface area (Å²) in [5, 5.41) is 3.31. The van der Waals surface area contributed by atoms with Crippen molar-refractivity contribution in [1.29, 1.82) is 0 Å². The quantitative estimate of drug-likeness (QED) is 0.832. The summed E-state index contributed by atoms with van der Waals surface area (Å²) in [5.74, 6) is 1.93. The lowest BCUT2D eigenvalue weighted by molar-refractivity contribution is 0.332. The van der Waals surface area contributed by atoms with Crippen molar-refractivity contribution in [3.63, 3.8) is 0 Å². The molecule has 1 aromatic heterocycles. The average molecular weight is 222 g/mol. The zero-order valence-corrected chi connectivity index (χ0v) is 10.2. The Morgan fingerprint density at radius 1 is 1.38 bits per heavy atom. The Hall–Kier alpha value is -0.830. The van der Waals surface area contributed by atoms with Gasteiger partial charge in [-0.25, -0.2) is 4.98 Å². The molecule has 1 saturated carbocycles. The minimum Gasteiger partial charge on any atom is -0.448 e. The van der Waals surface area contributed by atoms with Gasteiger partial charge in [-0.3, -0.25) is 0 Å². The fourth-order valence-electron chi connectivity index (χ4n) is 2.50. The molecule has 1 heterocycles. The van der Waals surface area contributed by atoms with E-state index in [-0.39, 0.29) is 0 Å². The highest BCUT2D eigenvalue weighted by Gasteiger charge is 2.17. The summed E-state index contributed by atoms with van der Waals surface area (Å²) in [5.41, 5.74) is 1.10. The van der Waals surface area contributed by atoms with E-state index in [4.69, 9.17) is 4.42 Å². The molecule has 0 bridgehead atoms. The molecule has 0 unspecified atom stereocenters. The van der Waals surface area contributed by atoms with Crippen molar-refractivity contribution in [2.45, 2.75) is 52.0 Å². The van der Waals surface area contributed by atoms with E-state index in [1.54, 1.807) is 6.39 Å². The van der Waals surface area contributed by atoms with Crippen molar-refractivity contribution >= 4 is 0 Å². The predicted octanol–water partition coefficient (Wildman–Crippen LogP) is 2.91. The molecule has 1 aliphatic rings. The van der Waals surface area contributed by atoms with Crippen LogP contribution in [-0.4, -0.2) is 11.5 Å². The van der Waals surface area contributed by atoms with Crippen molar-refractivity contribution in [3.05, 3.63) is 17.8 Å². The van der Waals surface area contributed by atoms with Crippen LogP contribution in [0.5, 0.6) is 0 Å². The molecular weight excluding hydrogens is 200 g/mol. The van der Waals surface area contributed by atoms with Gasteiger partial charge in [0.1, 0.15) is 5.76 Å². The van der Waals surface area contributed by atoms with Crippen molar-refractivity contribution in [1.82, 2.24) is 10.3 Å². The van der Waals surface area contributed by atoms with Gasteiger partial charge in [-0.15, -0.1) is 0 Å². The topological polar surface area (TPSA) is 38.1 Å². The molecule has 0 aliphatic heterocycles. The number of nitrogens with one attached hydrogen (secondary N) is 1. The molecule has 0 saturated heterocycles. The molecule has 1 aromatic rings. The normalized spacial score (nSPS) is 17.8. The van der Waals surface area contributed by atoms with E-state index in [9.17, 15) is 0 Å². The maximum atomic E-state index is 5.51. The monoisotopic (exact) mass is 222 g/mol. The molecule has 0 spiro atoms. The lowest BCUT2D eigenvalue weighted by Crippen LogP contribution is -2.15. The van der Waals surface area contributed by atoms with Gasteiger partial charge in [-0.2, -0.15) is 0 Å². The van der Waals surface area contributed by atoms with Gasteiger partial charge >= 0.3 is 0 Å². The Balaban J connectivity index is 1.89. The first-order chi connectivity index (χ1) is 7.90. The number of hydrogen-bond acceptors (Lipinski definition) is 3. The van der Waals surface area contributed by atoms with E-state index >= 15 is 0 Å². The van der Waals surface area contributed by atoms with Crippen LogP contribution in [0.3, 0.4) is 0 Å². The molecule has 3 nitrogen and oxygen atoms in total. The Morgan fingerprint density at radius 3 is 2.94 bits per heavy atom. The van der Waals surface area contributed by atoms with Crippen LogP contribution >= 0.6 is 0 Å². The van der Waals surface area contributed by atoms with Gasteiger partial charge in [0.15, 0.2) is 6.39 Å². The number of hydrogen-bond donors (Lipinski definition) is 1. The zero-order valence-electron chi connectivity index (χ0n) is 10.2. The molecular formula is C13H22N2O. The third-order valence-corrected chi connectivity index (χ3v) is 3.47. The van der Waals surface area contributed by atoms with Crippen LogP contribution in [0.4, 0.5) is 0 Å². The zero-order chi connectivity index (χ0) is 11.2. The van der Waals surface area contributed by atoms with Gasteiger partial charge in [-0.05, 0) is 12.5 Å². The predicted molar refractivity (Wildman–Crippen MR) is 64.2 cm³/mol. The van der Waals surface area contributed by atoms with Crippen LogP contribution in [0.15, 0.2) is 10.8 Å². The standard InChI is InChI=1S/C13H22N2O/c1-2-14-9-12-13(16-10-15-12)8-11-6-4-3-5-7-11/h10-11,14H,2-9H2,1H3. The minimum atomic E-state index is 0.821. The Kier molecular flexibility index (Phi) is 4.40. The van der Waals surface area contributed by atoms with Crippen molar-refractivity contribution < 1.29 is 4.42 Å². The van der Waals surface area contributed by atoms with E-state index in [0.717, 1.165) is 36.9 Å². The summed E-state index contributed by atoms with van der Waals surface area (Å²) in [6.07, 6.45) is 9.59. The second-order valence-corrected chi connectivity index (χ2v) is 4.71. The highest BCUT2D eigenvalue weighted by molar-refractivity contribution is 5.08. The second-order valence-electron chi connectivity index (χ2n) is 4.71. The van der Waals surface area contributed by atoms with E-state index in [1.807, 2.05) is 0 Å².